The molecule has 0 aliphatic rings. The van der Waals surface area contributed by atoms with E-state index < -0.39 is 5.60 Å². The molecule has 2 N–H and O–H groups in total. The van der Waals surface area contributed by atoms with Gasteiger partial charge in [-0.15, -0.1) is 0 Å². The third kappa shape index (κ3) is 4.07. The minimum atomic E-state index is -0.792. The monoisotopic (exact) mass is 241 g/mol. The molecule has 0 aromatic carbocycles. The van der Waals surface area contributed by atoms with Crippen molar-refractivity contribution in [3.63, 3.8) is 0 Å². The number of anilines is 1. The molecule has 0 bridgehead atoms. The lowest BCUT2D eigenvalue weighted by atomic mass is 10.0. The van der Waals surface area contributed by atoms with Gasteiger partial charge in [-0.25, -0.2) is 0 Å². The van der Waals surface area contributed by atoms with E-state index in [4.69, 9.17) is 9.47 Å². The Kier molecular flexibility index (Phi) is 4.51. The summed E-state index contributed by atoms with van der Waals surface area (Å²) in [6.45, 7) is 4.02. The van der Waals surface area contributed by atoms with Crippen LogP contribution >= 0.6 is 0 Å². The second kappa shape index (κ2) is 5.67. The third-order valence-corrected chi connectivity index (χ3v) is 2.49. The van der Waals surface area contributed by atoms with Gasteiger partial charge in [0.05, 0.1) is 25.9 Å². The minimum Gasteiger partial charge on any atom is -0.481 e. The average molecular weight is 241 g/mol. The van der Waals surface area contributed by atoms with E-state index in [1.165, 1.54) is 14.2 Å². The molecule has 0 aliphatic heterocycles. The Hall–Kier alpha value is -1.56. The van der Waals surface area contributed by atoms with Crippen LogP contribution in [0.25, 0.3) is 0 Å². The van der Waals surface area contributed by atoms with Gasteiger partial charge in [0, 0.05) is 6.54 Å². The van der Waals surface area contributed by atoms with Crippen LogP contribution in [0.2, 0.25) is 0 Å². The van der Waals surface area contributed by atoms with Crippen molar-refractivity contribution in [1.29, 1.82) is 0 Å². The molecule has 96 valence electrons. The number of nitrogens with one attached hydrogen (secondary N) is 1. The predicted octanol–water partition coefficient (Wildman–Crippen LogP) is 1.07. The summed E-state index contributed by atoms with van der Waals surface area (Å²) >= 11 is 0. The number of aromatic nitrogens is 2. The highest BCUT2D eigenvalue weighted by molar-refractivity contribution is 5.33. The highest BCUT2D eigenvalue weighted by atomic mass is 16.5. The number of hydrogen-bond donors (Lipinski definition) is 2. The van der Waals surface area contributed by atoms with Gasteiger partial charge in [0.2, 0.25) is 17.7 Å². The van der Waals surface area contributed by atoms with Gasteiger partial charge in [0.25, 0.3) is 0 Å². The van der Waals surface area contributed by atoms with Crippen LogP contribution in [0.1, 0.15) is 20.3 Å². The van der Waals surface area contributed by atoms with E-state index in [1.54, 1.807) is 13.0 Å². The van der Waals surface area contributed by atoms with Gasteiger partial charge in [-0.2, -0.15) is 9.97 Å². The Morgan fingerprint density at radius 3 is 2.24 bits per heavy atom. The van der Waals surface area contributed by atoms with Crippen LogP contribution in [0.15, 0.2) is 6.07 Å². The Morgan fingerprint density at radius 2 is 1.82 bits per heavy atom. The van der Waals surface area contributed by atoms with E-state index in [2.05, 4.69) is 15.3 Å². The molecule has 0 saturated carbocycles. The molecule has 0 spiro atoms. The molecular formula is C11H19N3O3. The van der Waals surface area contributed by atoms with Crippen LogP contribution in [0, 0.1) is 0 Å². The first-order valence-corrected chi connectivity index (χ1v) is 5.44. The lowest BCUT2D eigenvalue weighted by Gasteiger charge is -2.21. The molecule has 1 atom stereocenters. The highest BCUT2D eigenvalue weighted by Gasteiger charge is 2.17. The first kappa shape index (κ1) is 13.5. The number of methoxy groups -OCH3 is 2. The van der Waals surface area contributed by atoms with Crippen LogP contribution in [-0.4, -0.2) is 41.4 Å². The topological polar surface area (TPSA) is 76.5 Å². The van der Waals surface area contributed by atoms with Crippen LogP contribution < -0.4 is 14.8 Å². The molecule has 6 heteroatoms. The van der Waals surface area contributed by atoms with E-state index in [-0.39, 0.29) is 0 Å². The molecule has 0 saturated heterocycles. The molecule has 1 unspecified atom stereocenters. The van der Waals surface area contributed by atoms with Crippen LogP contribution in [0.4, 0.5) is 5.95 Å². The zero-order valence-corrected chi connectivity index (χ0v) is 10.6. The predicted molar refractivity (Wildman–Crippen MR) is 64.5 cm³/mol. The largest absolute Gasteiger partial charge is 0.481 e. The number of ether oxygens (including phenoxy) is 2. The maximum atomic E-state index is 9.86. The molecule has 17 heavy (non-hydrogen) atoms. The third-order valence-electron chi connectivity index (χ3n) is 2.49. The van der Waals surface area contributed by atoms with Crippen molar-refractivity contribution < 1.29 is 14.6 Å². The molecule has 1 heterocycles. The van der Waals surface area contributed by atoms with Crippen LogP contribution in [0.5, 0.6) is 11.8 Å². The maximum Gasteiger partial charge on any atom is 0.229 e. The van der Waals surface area contributed by atoms with Crippen molar-refractivity contribution in [2.75, 3.05) is 26.1 Å². The van der Waals surface area contributed by atoms with Crippen LogP contribution in [0.3, 0.4) is 0 Å². The van der Waals surface area contributed by atoms with Gasteiger partial charge in [0.15, 0.2) is 0 Å². The summed E-state index contributed by atoms with van der Waals surface area (Å²) in [6, 6.07) is 1.59. The summed E-state index contributed by atoms with van der Waals surface area (Å²) in [5, 5.41) is 12.8. The van der Waals surface area contributed by atoms with E-state index in [0.29, 0.717) is 30.7 Å². The number of rotatable bonds is 6. The Balaban J connectivity index is 2.76. The highest BCUT2D eigenvalue weighted by Crippen LogP contribution is 2.18. The van der Waals surface area contributed by atoms with Crippen molar-refractivity contribution in [2.24, 2.45) is 0 Å². The van der Waals surface area contributed by atoms with Crippen molar-refractivity contribution in [3.8, 4) is 11.8 Å². The molecule has 1 rings (SSSR count). The molecule has 0 fully saturated rings. The fourth-order valence-electron chi connectivity index (χ4n) is 1.09. The summed E-state index contributed by atoms with van der Waals surface area (Å²) in [5.74, 6) is 1.20. The molecular weight excluding hydrogens is 222 g/mol. The van der Waals surface area contributed by atoms with Crippen molar-refractivity contribution in [2.45, 2.75) is 25.9 Å². The second-order valence-electron chi connectivity index (χ2n) is 3.98. The molecule has 6 nitrogen and oxygen atoms in total. The fraction of sp³-hybridized carbons (Fsp3) is 0.636. The first-order chi connectivity index (χ1) is 8.00. The van der Waals surface area contributed by atoms with Gasteiger partial charge in [-0.3, -0.25) is 0 Å². The smallest absolute Gasteiger partial charge is 0.229 e. The quantitative estimate of drug-likeness (QED) is 0.775. The molecule has 1 aromatic heterocycles. The fourth-order valence-corrected chi connectivity index (χ4v) is 1.09. The molecule has 0 amide bonds. The van der Waals surface area contributed by atoms with Crippen molar-refractivity contribution >= 4 is 5.95 Å². The zero-order chi connectivity index (χ0) is 12.9. The number of hydrogen-bond acceptors (Lipinski definition) is 6. The zero-order valence-electron chi connectivity index (χ0n) is 10.6. The van der Waals surface area contributed by atoms with Gasteiger partial charge in [-0.1, -0.05) is 6.92 Å². The number of aliphatic hydroxyl groups is 1. The Bertz CT molecular complexity index is 347. The van der Waals surface area contributed by atoms with Gasteiger partial charge in [0.1, 0.15) is 0 Å². The lowest BCUT2D eigenvalue weighted by Crippen LogP contribution is -2.32. The van der Waals surface area contributed by atoms with Gasteiger partial charge >= 0.3 is 0 Å². The minimum absolute atomic E-state index is 0.361. The number of nitrogens with zero attached hydrogens (tertiary/aromatic N) is 2. The second-order valence-corrected chi connectivity index (χ2v) is 3.98. The van der Waals surface area contributed by atoms with E-state index >= 15 is 0 Å². The standard InChI is InChI=1S/C11H19N3O3/c1-5-11(2,15)7-12-10-13-8(16-3)6-9(14-10)17-4/h6,15H,5,7H2,1-4H3,(H,12,13,14). The first-order valence-electron chi connectivity index (χ1n) is 5.44. The summed E-state index contributed by atoms with van der Waals surface area (Å²) < 4.78 is 10.0. The normalized spacial score (nSPS) is 13.9. The average Bonchev–Trinajstić information content (AvgIpc) is 2.36. The Morgan fingerprint density at radius 1 is 1.29 bits per heavy atom. The Labute approximate surface area is 101 Å². The SMILES string of the molecule is CCC(C)(O)CNc1nc(OC)cc(OC)n1. The summed E-state index contributed by atoms with van der Waals surface area (Å²) in [5.41, 5.74) is -0.792. The van der Waals surface area contributed by atoms with E-state index in [1.807, 2.05) is 6.92 Å². The maximum absolute atomic E-state index is 9.86. The summed E-state index contributed by atoms with van der Waals surface area (Å²) in [4.78, 5) is 8.20. The van der Waals surface area contributed by atoms with Gasteiger partial charge < -0.3 is 19.9 Å². The van der Waals surface area contributed by atoms with E-state index in [0.717, 1.165) is 0 Å². The molecule has 0 radical (unpaired) electrons. The molecule has 1 aromatic rings. The summed E-state index contributed by atoms with van der Waals surface area (Å²) in [7, 11) is 3.04. The summed E-state index contributed by atoms with van der Waals surface area (Å²) in [6.07, 6.45) is 0.640. The lowest BCUT2D eigenvalue weighted by molar-refractivity contribution is 0.0695. The van der Waals surface area contributed by atoms with E-state index in [9.17, 15) is 5.11 Å². The van der Waals surface area contributed by atoms with Crippen molar-refractivity contribution in [3.05, 3.63) is 6.07 Å². The van der Waals surface area contributed by atoms with Crippen LogP contribution in [-0.2, 0) is 0 Å². The van der Waals surface area contributed by atoms with Crippen molar-refractivity contribution in [1.82, 2.24) is 9.97 Å². The van der Waals surface area contributed by atoms with Gasteiger partial charge in [-0.05, 0) is 13.3 Å². The molecule has 0 aliphatic carbocycles.